The van der Waals surface area contributed by atoms with Crippen LogP contribution in [0.5, 0.6) is 11.5 Å². The molecule has 2 heterocycles. The molecule has 0 spiro atoms. The van der Waals surface area contributed by atoms with E-state index in [2.05, 4.69) is 10.3 Å². The Labute approximate surface area is 180 Å². The number of amides is 1. The molecular formula is C24H25N3O4. The van der Waals surface area contributed by atoms with Crippen LogP contribution in [0.4, 0.5) is 5.69 Å². The van der Waals surface area contributed by atoms with Gasteiger partial charge in [-0.15, -0.1) is 0 Å². The van der Waals surface area contributed by atoms with Crippen molar-refractivity contribution in [2.75, 3.05) is 19.0 Å². The van der Waals surface area contributed by atoms with E-state index in [9.17, 15) is 9.59 Å². The molecule has 1 aliphatic rings. The Kier molecular flexibility index (Phi) is 6.02. The maximum absolute atomic E-state index is 12.8. The summed E-state index contributed by atoms with van der Waals surface area (Å²) >= 11 is 0. The van der Waals surface area contributed by atoms with Gasteiger partial charge in [-0.2, -0.15) is 0 Å². The number of methoxy groups -OCH3 is 1. The van der Waals surface area contributed by atoms with Crippen molar-refractivity contribution < 1.29 is 14.3 Å². The SMILES string of the molecule is CCOc1ccc(/C=C/C(=O)Nc2ccc3nc4n(c(=O)c3c2)CCCC4)cc1OC. The molecule has 1 aromatic heterocycles. The van der Waals surface area contributed by atoms with Gasteiger partial charge in [-0.3, -0.25) is 14.2 Å². The van der Waals surface area contributed by atoms with E-state index < -0.39 is 0 Å². The minimum atomic E-state index is -0.293. The molecule has 3 aromatic rings. The van der Waals surface area contributed by atoms with Crippen molar-refractivity contribution >= 4 is 28.6 Å². The standard InChI is InChI=1S/C24H25N3O4/c1-3-31-20-11-7-16(14-21(20)30-2)8-12-23(28)25-17-9-10-19-18(15-17)24(29)27-13-5-4-6-22(27)26-19/h7-12,14-15H,3-6,13H2,1-2H3,(H,25,28)/b12-8+. The summed E-state index contributed by atoms with van der Waals surface area (Å²) in [6.45, 7) is 3.15. The van der Waals surface area contributed by atoms with Gasteiger partial charge in [0.15, 0.2) is 11.5 Å². The summed E-state index contributed by atoms with van der Waals surface area (Å²) in [4.78, 5) is 29.9. The third kappa shape index (κ3) is 4.45. The Balaban J connectivity index is 1.52. The molecule has 160 valence electrons. The van der Waals surface area contributed by atoms with Gasteiger partial charge in [0.2, 0.25) is 5.91 Å². The fourth-order valence-corrected chi connectivity index (χ4v) is 3.74. The van der Waals surface area contributed by atoms with Gasteiger partial charge in [0.05, 0.1) is 24.6 Å². The summed E-state index contributed by atoms with van der Waals surface area (Å²) in [6.07, 6.45) is 6.00. The highest BCUT2D eigenvalue weighted by molar-refractivity contribution is 6.02. The van der Waals surface area contributed by atoms with Crippen molar-refractivity contribution in [1.29, 1.82) is 0 Å². The molecule has 7 nitrogen and oxygen atoms in total. The third-order valence-corrected chi connectivity index (χ3v) is 5.25. The van der Waals surface area contributed by atoms with Crippen molar-refractivity contribution in [2.45, 2.75) is 32.7 Å². The van der Waals surface area contributed by atoms with E-state index in [0.29, 0.717) is 41.2 Å². The summed E-state index contributed by atoms with van der Waals surface area (Å²) in [5, 5.41) is 3.33. The summed E-state index contributed by atoms with van der Waals surface area (Å²) in [6, 6.07) is 10.7. The van der Waals surface area contributed by atoms with E-state index in [4.69, 9.17) is 9.47 Å². The second-order valence-electron chi connectivity index (χ2n) is 7.34. The smallest absolute Gasteiger partial charge is 0.261 e. The molecule has 0 fully saturated rings. The third-order valence-electron chi connectivity index (χ3n) is 5.25. The first-order valence-corrected chi connectivity index (χ1v) is 10.4. The van der Waals surface area contributed by atoms with Gasteiger partial charge < -0.3 is 14.8 Å². The number of carbonyl (C=O) groups excluding carboxylic acids is 1. The molecule has 1 aliphatic heterocycles. The second kappa shape index (κ2) is 9.04. The van der Waals surface area contributed by atoms with Crippen LogP contribution in [0, 0.1) is 0 Å². The lowest BCUT2D eigenvalue weighted by Crippen LogP contribution is -2.28. The summed E-state index contributed by atoms with van der Waals surface area (Å²) < 4.78 is 12.6. The number of nitrogens with one attached hydrogen (secondary N) is 1. The average Bonchev–Trinajstić information content (AvgIpc) is 2.79. The molecular weight excluding hydrogens is 394 g/mol. The molecule has 1 amide bonds. The molecule has 7 heteroatoms. The highest BCUT2D eigenvalue weighted by Crippen LogP contribution is 2.28. The molecule has 0 saturated heterocycles. The predicted octanol–water partition coefficient (Wildman–Crippen LogP) is 3.79. The van der Waals surface area contributed by atoms with E-state index in [1.54, 1.807) is 42.0 Å². The summed E-state index contributed by atoms with van der Waals surface area (Å²) in [5.74, 6) is 1.81. The average molecular weight is 419 g/mol. The lowest BCUT2D eigenvalue weighted by molar-refractivity contribution is -0.111. The van der Waals surface area contributed by atoms with E-state index in [0.717, 1.165) is 30.7 Å². The van der Waals surface area contributed by atoms with E-state index in [-0.39, 0.29) is 11.5 Å². The Morgan fingerprint density at radius 3 is 2.87 bits per heavy atom. The minimum absolute atomic E-state index is 0.0483. The number of hydrogen-bond acceptors (Lipinski definition) is 5. The molecule has 4 rings (SSSR count). The molecule has 0 bridgehead atoms. The van der Waals surface area contributed by atoms with Crippen LogP contribution in [0.2, 0.25) is 0 Å². The number of fused-ring (bicyclic) bond motifs is 2. The summed E-state index contributed by atoms with van der Waals surface area (Å²) in [5.41, 5.74) is 1.98. The van der Waals surface area contributed by atoms with Crippen LogP contribution in [0.25, 0.3) is 17.0 Å². The number of aryl methyl sites for hydroxylation is 1. The maximum atomic E-state index is 12.8. The van der Waals surface area contributed by atoms with Crippen molar-refractivity contribution in [1.82, 2.24) is 9.55 Å². The molecule has 2 aromatic carbocycles. The zero-order chi connectivity index (χ0) is 21.8. The van der Waals surface area contributed by atoms with Gasteiger partial charge in [-0.1, -0.05) is 6.07 Å². The number of aromatic nitrogens is 2. The highest BCUT2D eigenvalue weighted by atomic mass is 16.5. The van der Waals surface area contributed by atoms with Crippen LogP contribution >= 0.6 is 0 Å². The number of anilines is 1. The second-order valence-corrected chi connectivity index (χ2v) is 7.34. The van der Waals surface area contributed by atoms with Gasteiger partial charge in [0.1, 0.15) is 5.82 Å². The molecule has 0 unspecified atom stereocenters. The quantitative estimate of drug-likeness (QED) is 0.615. The van der Waals surface area contributed by atoms with E-state index in [1.807, 2.05) is 19.1 Å². The predicted molar refractivity (Wildman–Crippen MR) is 121 cm³/mol. The van der Waals surface area contributed by atoms with Crippen molar-refractivity contribution in [2.24, 2.45) is 0 Å². The molecule has 31 heavy (non-hydrogen) atoms. The number of benzene rings is 2. The van der Waals surface area contributed by atoms with Gasteiger partial charge in [0, 0.05) is 24.7 Å². The lowest BCUT2D eigenvalue weighted by Gasteiger charge is -2.17. The van der Waals surface area contributed by atoms with Crippen LogP contribution in [-0.2, 0) is 17.8 Å². The summed E-state index contributed by atoms with van der Waals surface area (Å²) in [7, 11) is 1.58. The van der Waals surface area contributed by atoms with Crippen LogP contribution in [0.3, 0.4) is 0 Å². The molecule has 0 saturated carbocycles. The Bertz CT molecular complexity index is 1210. The number of nitrogens with zero attached hydrogens (tertiary/aromatic N) is 2. The number of ether oxygens (including phenoxy) is 2. The minimum Gasteiger partial charge on any atom is -0.493 e. The first-order chi connectivity index (χ1) is 15.1. The van der Waals surface area contributed by atoms with Crippen LogP contribution in [0.1, 0.15) is 31.2 Å². The molecule has 0 aliphatic carbocycles. The van der Waals surface area contributed by atoms with Crippen molar-refractivity contribution in [3.63, 3.8) is 0 Å². The fraction of sp³-hybridized carbons (Fsp3) is 0.292. The van der Waals surface area contributed by atoms with Gasteiger partial charge in [0.25, 0.3) is 5.56 Å². The number of carbonyl (C=O) groups is 1. The monoisotopic (exact) mass is 419 g/mol. The lowest BCUT2D eigenvalue weighted by atomic mass is 10.1. The van der Waals surface area contributed by atoms with Gasteiger partial charge in [-0.25, -0.2) is 4.98 Å². The van der Waals surface area contributed by atoms with E-state index in [1.165, 1.54) is 6.08 Å². The van der Waals surface area contributed by atoms with Crippen LogP contribution in [-0.4, -0.2) is 29.2 Å². The first kappa shape index (κ1) is 20.7. The zero-order valence-corrected chi connectivity index (χ0v) is 17.7. The Morgan fingerprint density at radius 1 is 1.19 bits per heavy atom. The van der Waals surface area contributed by atoms with Gasteiger partial charge >= 0.3 is 0 Å². The zero-order valence-electron chi connectivity index (χ0n) is 17.7. The Morgan fingerprint density at radius 2 is 2.06 bits per heavy atom. The van der Waals surface area contributed by atoms with Crippen molar-refractivity contribution in [3.8, 4) is 11.5 Å². The topological polar surface area (TPSA) is 82.5 Å². The van der Waals surface area contributed by atoms with E-state index >= 15 is 0 Å². The first-order valence-electron chi connectivity index (χ1n) is 10.4. The van der Waals surface area contributed by atoms with Crippen molar-refractivity contribution in [3.05, 3.63) is 64.2 Å². The largest absolute Gasteiger partial charge is 0.493 e. The maximum Gasteiger partial charge on any atom is 0.261 e. The molecule has 0 atom stereocenters. The molecule has 1 N–H and O–H groups in total. The van der Waals surface area contributed by atoms with Crippen LogP contribution in [0.15, 0.2) is 47.3 Å². The number of rotatable bonds is 6. The van der Waals surface area contributed by atoms with Crippen LogP contribution < -0.4 is 20.3 Å². The molecule has 0 radical (unpaired) electrons. The van der Waals surface area contributed by atoms with Gasteiger partial charge in [-0.05, 0) is 61.7 Å². The highest BCUT2D eigenvalue weighted by Gasteiger charge is 2.15. The number of hydrogen-bond donors (Lipinski definition) is 1. The normalized spacial score (nSPS) is 13.2. The fourth-order valence-electron chi connectivity index (χ4n) is 3.74. The Hall–Kier alpha value is -3.61.